The van der Waals surface area contributed by atoms with E-state index in [0.717, 1.165) is 38.0 Å². The number of likely N-dealkylation sites (N-methyl/N-ethyl adjacent to an activating group) is 1. The second-order valence-electron chi connectivity index (χ2n) is 14.7. The highest BCUT2D eigenvalue weighted by Gasteiger charge is 2.38. The molecule has 1 aromatic heterocycles. The number of rotatable bonds is 6. The summed E-state index contributed by atoms with van der Waals surface area (Å²) in [4.78, 5) is 57.2. The van der Waals surface area contributed by atoms with Gasteiger partial charge in [0.15, 0.2) is 6.61 Å². The van der Waals surface area contributed by atoms with Crippen molar-refractivity contribution in [2.45, 2.75) is 84.3 Å². The molecule has 3 aromatic rings. The van der Waals surface area contributed by atoms with Crippen molar-refractivity contribution in [2.75, 3.05) is 33.3 Å². The Hall–Kier alpha value is -4.75. The zero-order chi connectivity index (χ0) is 37.4. The summed E-state index contributed by atoms with van der Waals surface area (Å²) in [7, 11) is 1.43. The number of aromatic nitrogens is 2. The van der Waals surface area contributed by atoms with E-state index >= 15 is 0 Å². The normalized spacial score (nSPS) is 23.1. The lowest BCUT2D eigenvalue weighted by molar-refractivity contribution is -0.144. The molecule has 280 valence electrons. The summed E-state index contributed by atoms with van der Waals surface area (Å²) in [5.41, 5.74) is 3.21. The van der Waals surface area contributed by atoms with Gasteiger partial charge in [-0.05, 0) is 92.4 Å². The molecule has 3 heterocycles. The predicted molar refractivity (Wildman–Crippen MR) is 196 cm³/mol. The van der Waals surface area contributed by atoms with Crippen molar-refractivity contribution in [3.8, 4) is 5.75 Å². The smallest absolute Gasteiger partial charge is 0.258 e. The molecular formula is C39H53N7O6. The first-order chi connectivity index (χ1) is 24.8. The minimum absolute atomic E-state index is 0.232. The molecule has 1 saturated heterocycles. The lowest BCUT2D eigenvalue weighted by Crippen LogP contribution is -2.59. The third-order valence-electron chi connectivity index (χ3n) is 10.4. The SMILES string of the molecule is CC(C)[C@H]1NC(=O)[C@H](C)N(C)C(=O)[C@H]([C@@H](C)O)NC(=O)COc2cccc(c2)CC2(CCN(Cc3ccccc3Cn3cccn3)CC2)CNC1=O. The number of amides is 4. The van der Waals surface area contributed by atoms with Crippen LogP contribution in [0.2, 0.25) is 0 Å². The monoisotopic (exact) mass is 715 g/mol. The number of aliphatic hydroxyl groups is 1. The van der Waals surface area contributed by atoms with E-state index in [1.54, 1.807) is 19.2 Å². The lowest BCUT2D eigenvalue weighted by atomic mass is 9.73. The Morgan fingerprint density at radius 2 is 1.63 bits per heavy atom. The van der Waals surface area contributed by atoms with Crippen LogP contribution in [0.15, 0.2) is 67.0 Å². The molecule has 2 aliphatic rings. The maximum atomic E-state index is 13.8. The topological polar surface area (TPSA) is 158 Å². The maximum absolute atomic E-state index is 13.8. The lowest BCUT2D eigenvalue weighted by Gasteiger charge is -2.43. The van der Waals surface area contributed by atoms with Gasteiger partial charge in [-0.25, -0.2) is 0 Å². The fourth-order valence-corrected chi connectivity index (χ4v) is 6.99. The van der Waals surface area contributed by atoms with Gasteiger partial charge < -0.3 is 30.7 Å². The Labute approximate surface area is 306 Å². The number of hydrogen-bond acceptors (Lipinski definition) is 8. The minimum atomic E-state index is -1.30. The van der Waals surface area contributed by atoms with Crippen LogP contribution < -0.4 is 20.7 Å². The van der Waals surface area contributed by atoms with Crippen LogP contribution in [-0.2, 0) is 38.7 Å². The average Bonchev–Trinajstić information content (AvgIpc) is 3.64. The van der Waals surface area contributed by atoms with Gasteiger partial charge in [-0.15, -0.1) is 0 Å². The Morgan fingerprint density at radius 1 is 0.923 bits per heavy atom. The van der Waals surface area contributed by atoms with Crippen molar-refractivity contribution in [1.82, 2.24) is 35.5 Å². The van der Waals surface area contributed by atoms with Gasteiger partial charge in [0.25, 0.3) is 5.91 Å². The number of nitrogens with zero attached hydrogens (tertiary/aromatic N) is 4. The molecule has 5 rings (SSSR count). The third kappa shape index (κ3) is 9.77. The zero-order valence-corrected chi connectivity index (χ0v) is 30.9. The number of nitrogens with one attached hydrogen (secondary N) is 3. The third-order valence-corrected chi connectivity index (χ3v) is 10.4. The van der Waals surface area contributed by atoms with E-state index in [4.69, 9.17) is 4.74 Å². The first-order valence-electron chi connectivity index (χ1n) is 18.1. The number of carbonyl (C=O) groups excluding carboxylic acids is 4. The van der Waals surface area contributed by atoms with Crippen molar-refractivity contribution in [2.24, 2.45) is 11.3 Å². The highest BCUT2D eigenvalue weighted by atomic mass is 16.5. The number of hydrogen-bond donors (Lipinski definition) is 4. The molecule has 13 nitrogen and oxygen atoms in total. The van der Waals surface area contributed by atoms with Crippen molar-refractivity contribution < 1.29 is 29.0 Å². The number of piperidine rings is 1. The van der Waals surface area contributed by atoms with Crippen LogP contribution in [0, 0.1) is 11.3 Å². The maximum Gasteiger partial charge on any atom is 0.258 e. The van der Waals surface area contributed by atoms with E-state index in [1.165, 1.54) is 30.0 Å². The van der Waals surface area contributed by atoms with Gasteiger partial charge in [0.2, 0.25) is 17.7 Å². The largest absolute Gasteiger partial charge is 0.484 e. The molecular weight excluding hydrogens is 662 g/mol. The summed E-state index contributed by atoms with van der Waals surface area (Å²) in [6.07, 6.45) is 4.83. The molecule has 4 atom stereocenters. The van der Waals surface area contributed by atoms with Gasteiger partial charge in [-0.1, -0.05) is 50.2 Å². The summed E-state index contributed by atoms with van der Waals surface area (Å²) < 4.78 is 7.78. The molecule has 0 saturated carbocycles. The summed E-state index contributed by atoms with van der Waals surface area (Å²) >= 11 is 0. The second kappa shape index (κ2) is 17.2. The Bertz CT molecular complexity index is 1690. The molecule has 0 unspecified atom stereocenters. The van der Waals surface area contributed by atoms with E-state index < -0.39 is 42.0 Å². The number of benzene rings is 2. The molecule has 52 heavy (non-hydrogen) atoms. The summed E-state index contributed by atoms with van der Waals surface area (Å²) in [6.45, 7) is 9.86. The predicted octanol–water partition coefficient (Wildman–Crippen LogP) is 2.12. The Balaban J connectivity index is 1.38. The summed E-state index contributed by atoms with van der Waals surface area (Å²) in [5.74, 6) is -1.78. The standard InChI is InChI=1S/C39H53N7O6/c1-26(2)34-37(50)40-25-39(14-18-45(19-15-39)22-30-11-6-7-12-31(30)23-46-17-9-16-41-46)21-29-10-8-13-32(20-29)52-24-33(48)42-35(28(4)47)38(51)44(5)27(3)36(49)43-34/h6-13,16-17,20,26-28,34-35,47H,14-15,18-19,21-25H2,1-5H3,(H,40,50)(H,42,48)(H,43,49)/t27-,28+,34+,35-/m0/s1. The second-order valence-corrected chi connectivity index (χ2v) is 14.7. The molecule has 1 spiro atoms. The number of ether oxygens (including phenoxy) is 1. The van der Waals surface area contributed by atoms with Crippen LogP contribution in [0.5, 0.6) is 5.75 Å². The first-order valence-corrected chi connectivity index (χ1v) is 18.1. The van der Waals surface area contributed by atoms with Crippen molar-refractivity contribution in [3.05, 3.63) is 83.7 Å². The number of carbonyl (C=O) groups is 4. The molecule has 2 aliphatic heterocycles. The fourth-order valence-electron chi connectivity index (χ4n) is 6.99. The quantitative estimate of drug-likeness (QED) is 0.303. The van der Waals surface area contributed by atoms with Crippen LogP contribution in [0.3, 0.4) is 0 Å². The van der Waals surface area contributed by atoms with Gasteiger partial charge >= 0.3 is 0 Å². The van der Waals surface area contributed by atoms with Crippen molar-refractivity contribution in [3.63, 3.8) is 0 Å². The molecule has 1 fully saturated rings. The van der Waals surface area contributed by atoms with Gasteiger partial charge in [-0.2, -0.15) is 5.10 Å². The minimum Gasteiger partial charge on any atom is -0.484 e. The van der Waals surface area contributed by atoms with E-state index in [9.17, 15) is 24.3 Å². The molecule has 13 heteroatoms. The summed E-state index contributed by atoms with van der Waals surface area (Å²) in [5, 5.41) is 23.4. The average molecular weight is 716 g/mol. The van der Waals surface area contributed by atoms with Crippen LogP contribution in [-0.4, -0.2) is 106 Å². The van der Waals surface area contributed by atoms with Crippen LogP contribution in [0.1, 0.15) is 57.2 Å². The van der Waals surface area contributed by atoms with Crippen LogP contribution >= 0.6 is 0 Å². The number of fused-ring (bicyclic) bond motifs is 2. The van der Waals surface area contributed by atoms with Gasteiger partial charge in [-0.3, -0.25) is 28.8 Å². The molecule has 0 radical (unpaired) electrons. The first kappa shape index (κ1) is 38.5. The summed E-state index contributed by atoms with van der Waals surface area (Å²) in [6, 6.07) is 14.8. The highest BCUT2D eigenvalue weighted by Crippen LogP contribution is 2.36. The Morgan fingerprint density at radius 3 is 2.29 bits per heavy atom. The van der Waals surface area contributed by atoms with E-state index in [-0.39, 0.29) is 23.8 Å². The molecule has 0 aliphatic carbocycles. The van der Waals surface area contributed by atoms with Crippen LogP contribution in [0.4, 0.5) is 0 Å². The van der Waals surface area contributed by atoms with Gasteiger partial charge in [0.05, 0.1) is 12.6 Å². The highest BCUT2D eigenvalue weighted by molar-refractivity contribution is 5.94. The molecule has 2 bridgehead atoms. The van der Waals surface area contributed by atoms with Crippen molar-refractivity contribution in [1.29, 1.82) is 0 Å². The van der Waals surface area contributed by atoms with E-state index in [2.05, 4.69) is 50.2 Å². The number of aliphatic hydroxyl groups excluding tert-OH is 1. The molecule has 4 amide bonds. The number of likely N-dealkylation sites (tertiary alicyclic amines) is 1. The van der Waals surface area contributed by atoms with Crippen LogP contribution in [0.25, 0.3) is 0 Å². The Kier molecular flexibility index (Phi) is 12.7. The van der Waals surface area contributed by atoms with E-state index in [0.29, 0.717) is 25.3 Å². The fraction of sp³-hybridized carbons (Fsp3) is 0.513. The molecule has 4 N–H and O–H groups in total. The van der Waals surface area contributed by atoms with Crippen molar-refractivity contribution >= 4 is 23.6 Å². The van der Waals surface area contributed by atoms with E-state index in [1.807, 2.05) is 49.0 Å². The molecule has 2 aromatic carbocycles. The van der Waals surface area contributed by atoms with Gasteiger partial charge in [0.1, 0.15) is 23.9 Å². The van der Waals surface area contributed by atoms with Gasteiger partial charge in [0, 0.05) is 32.5 Å². The zero-order valence-electron chi connectivity index (χ0n) is 30.9.